The number of carbonyl (C=O) groups is 3. The van der Waals surface area contributed by atoms with Crippen LogP contribution >= 0.6 is 11.6 Å². The Morgan fingerprint density at radius 1 is 1.00 bits per heavy atom. The highest BCUT2D eigenvalue weighted by molar-refractivity contribution is 6.31. The van der Waals surface area contributed by atoms with E-state index in [1.54, 1.807) is 42.5 Å². The molecule has 0 spiro atoms. The van der Waals surface area contributed by atoms with Crippen LogP contribution in [0.3, 0.4) is 0 Å². The van der Waals surface area contributed by atoms with Crippen LogP contribution in [0.2, 0.25) is 5.02 Å². The van der Waals surface area contributed by atoms with Crippen molar-refractivity contribution in [1.82, 2.24) is 4.90 Å². The van der Waals surface area contributed by atoms with Gasteiger partial charge in [-0.25, -0.2) is 4.90 Å². The third-order valence-electron chi connectivity index (χ3n) is 6.04. The Balaban J connectivity index is 1.59. The molecule has 0 aliphatic carbocycles. The molecule has 0 N–H and O–H groups in total. The Morgan fingerprint density at radius 2 is 1.66 bits per heavy atom. The van der Waals surface area contributed by atoms with Crippen molar-refractivity contribution in [3.8, 4) is 5.75 Å². The van der Waals surface area contributed by atoms with E-state index in [-0.39, 0.29) is 25.5 Å². The molecule has 4 rings (SSSR count). The smallest absolute Gasteiger partial charge is 0.261 e. The number of para-hydroxylation sites is 1. The molecule has 3 amide bonds. The predicted octanol–water partition coefficient (Wildman–Crippen LogP) is 5.20. The molecule has 0 saturated carbocycles. The van der Waals surface area contributed by atoms with E-state index in [1.807, 2.05) is 36.4 Å². The van der Waals surface area contributed by atoms with Gasteiger partial charge in [0.15, 0.2) is 6.61 Å². The zero-order valence-corrected chi connectivity index (χ0v) is 20.4. The van der Waals surface area contributed by atoms with Crippen molar-refractivity contribution >= 4 is 35.0 Å². The monoisotopic (exact) mass is 490 g/mol. The number of benzene rings is 3. The van der Waals surface area contributed by atoms with Crippen LogP contribution in [-0.4, -0.2) is 35.3 Å². The number of rotatable bonds is 8. The molecule has 1 heterocycles. The number of amides is 3. The van der Waals surface area contributed by atoms with Gasteiger partial charge in [-0.3, -0.25) is 14.4 Å². The Kier molecular flexibility index (Phi) is 7.51. The number of halogens is 1. The highest BCUT2D eigenvalue weighted by atomic mass is 35.5. The van der Waals surface area contributed by atoms with E-state index in [0.29, 0.717) is 27.9 Å². The maximum Gasteiger partial charge on any atom is 0.261 e. The summed E-state index contributed by atoms with van der Waals surface area (Å²) in [5.74, 6) is -0.322. The molecule has 35 heavy (non-hydrogen) atoms. The van der Waals surface area contributed by atoms with Crippen LogP contribution in [0.5, 0.6) is 5.75 Å². The average Bonchev–Trinajstić information content (AvgIpc) is 3.16. The number of hydrogen-bond acceptors (Lipinski definition) is 4. The second-order valence-electron chi connectivity index (χ2n) is 8.75. The first-order chi connectivity index (χ1) is 16.8. The van der Waals surface area contributed by atoms with Crippen molar-refractivity contribution in [2.45, 2.75) is 38.8 Å². The number of hydrogen-bond donors (Lipinski definition) is 0. The van der Waals surface area contributed by atoms with Gasteiger partial charge in [-0.15, -0.1) is 0 Å². The number of nitrogens with zero attached hydrogens (tertiary/aromatic N) is 2. The fourth-order valence-corrected chi connectivity index (χ4v) is 4.26. The van der Waals surface area contributed by atoms with Crippen molar-refractivity contribution in [2.24, 2.45) is 0 Å². The van der Waals surface area contributed by atoms with E-state index in [0.717, 1.165) is 5.56 Å². The van der Waals surface area contributed by atoms with E-state index in [1.165, 1.54) is 9.80 Å². The standard InChI is InChI=1S/C28H27ClN2O4/c1-19(2)20-12-14-22(15-13-20)31-26(32)16-25(28(31)34)30(17-21-8-6-7-11-24(21)29)27(33)18-35-23-9-4-3-5-10-23/h3-15,19,25H,16-18H2,1-2H3. The van der Waals surface area contributed by atoms with Crippen LogP contribution in [0.1, 0.15) is 37.3 Å². The third kappa shape index (κ3) is 5.54. The molecule has 7 heteroatoms. The van der Waals surface area contributed by atoms with E-state index < -0.39 is 17.9 Å². The zero-order valence-electron chi connectivity index (χ0n) is 19.7. The minimum absolute atomic E-state index is 0.0838. The minimum Gasteiger partial charge on any atom is -0.484 e. The Bertz CT molecular complexity index is 1210. The van der Waals surface area contributed by atoms with Gasteiger partial charge >= 0.3 is 0 Å². The molecule has 1 aliphatic heterocycles. The molecule has 3 aromatic rings. The Hall–Kier alpha value is -3.64. The molecule has 1 saturated heterocycles. The summed E-state index contributed by atoms with van der Waals surface area (Å²) in [7, 11) is 0. The van der Waals surface area contributed by atoms with Gasteiger partial charge in [-0.1, -0.05) is 74.0 Å². The van der Waals surface area contributed by atoms with Crippen molar-refractivity contribution in [3.05, 3.63) is 95.0 Å². The van der Waals surface area contributed by atoms with Gasteiger partial charge < -0.3 is 9.64 Å². The highest BCUT2D eigenvalue weighted by Crippen LogP contribution is 2.29. The second kappa shape index (κ2) is 10.7. The number of carbonyl (C=O) groups excluding carboxylic acids is 3. The molecule has 180 valence electrons. The van der Waals surface area contributed by atoms with Gasteiger partial charge in [0.05, 0.1) is 12.1 Å². The largest absolute Gasteiger partial charge is 0.484 e. The van der Waals surface area contributed by atoms with Crippen LogP contribution in [-0.2, 0) is 20.9 Å². The van der Waals surface area contributed by atoms with Crippen molar-refractivity contribution in [3.63, 3.8) is 0 Å². The SMILES string of the molecule is CC(C)c1ccc(N2C(=O)CC(N(Cc3ccccc3Cl)C(=O)COc3ccccc3)C2=O)cc1. The zero-order chi connectivity index (χ0) is 24.9. The molecule has 3 aromatic carbocycles. The highest BCUT2D eigenvalue weighted by Gasteiger charge is 2.44. The summed E-state index contributed by atoms with van der Waals surface area (Å²) < 4.78 is 5.65. The molecular weight excluding hydrogens is 464 g/mol. The molecule has 0 radical (unpaired) electrons. The molecule has 0 aromatic heterocycles. The second-order valence-corrected chi connectivity index (χ2v) is 9.16. The summed E-state index contributed by atoms with van der Waals surface area (Å²) in [5.41, 5.74) is 2.29. The molecule has 1 atom stereocenters. The summed E-state index contributed by atoms with van der Waals surface area (Å²) in [6.45, 7) is 3.97. The van der Waals surface area contributed by atoms with Gasteiger partial charge in [-0.2, -0.15) is 0 Å². The van der Waals surface area contributed by atoms with Gasteiger partial charge in [0, 0.05) is 11.6 Å². The first-order valence-electron chi connectivity index (χ1n) is 11.5. The van der Waals surface area contributed by atoms with Crippen LogP contribution in [0.4, 0.5) is 5.69 Å². The van der Waals surface area contributed by atoms with Gasteiger partial charge in [-0.05, 0) is 47.4 Å². The van der Waals surface area contributed by atoms with Gasteiger partial charge in [0.2, 0.25) is 5.91 Å². The molecule has 1 fully saturated rings. The third-order valence-corrected chi connectivity index (χ3v) is 6.41. The van der Waals surface area contributed by atoms with E-state index >= 15 is 0 Å². The van der Waals surface area contributed by atoms with E-state index in [2.05, 4.69) is 13.8 Å². The summed E-state index contributed by atoms with van der Waals surface area (Å²) in [6.07, 6.45) is -0.105. The summed E-state index contributed by atoms with van der Waals surface area (Å²) >= 11 is 6.35. The minimum atomic E-state index is -0.949. The lowest BCUT2D eigenvalue weighted by atomic mass is 10.0. The van der Waals surface area contributed by atoms with Gasteiger partial charge in [0.1, 0.15) is 11.8 Å². The molecule has 0 bridgehead atoms. The summed E-state index contributed by atoms with van der Waals surface area (Å²) in [5, 5.41) is 0.479. The van der Waals surface area contributed by atoms with Crippen LogP contribution in [0.25, 0.3) is 0 Å². The number of ether oxygens (including phenoxy) is 1. The Morgan fingerprint density at radius 3 is 2.31 bits per heavy atom. The molecule has 1 unspecified atom stereocenters. The van der Waals surface area contributed by atoms with E-state index in [9.17, 15) is 14.4 Å². The Labute approximate surface area is 210 Å². The van der Waals surface area contributed by atoms with Crippen LogP contribution in [0.15, 0.2) is 78.9 Å². The average molecular weight is 491 g/mol. The lowest BCUT2D eigenvalue weighted by molar-refractivity contribution is -0.140. The first kappa shape index (κ1) is 24.5. The van der Waals surface area contributed by atoms with Crippen LogP contribution in [0, 0.1) is 0 Å². The first-order valence-corrected chi connectivity index (χ1v) is 11.9. The lowest BCUT2D eigenvalue weighted by Crippen LogP contribution is -2.46. The molecule has 6 nitrogen and oxygen atoms in total. The van der Waals surface area contributed by atoms with Crippen molar-refractivity contribution < 1.29 is 19.1 Å². The van der Waals surface area contributed by atoms with E-state index in [4.69, 9.17) is 16.3 Å². The molecular formula is C28H27ClN2O4. The predicted molar refractivity (Wildman–Crippen MR) is 135 cm³/mol. The van der Waals surface area contributed by atoms with Gasteiger partial charge in [0.25, 0.3) is 11.8 Å². The normalized spacial score (nSPS) is 15.5. The quantitative estimate of drug-likeness (QED) is 0.407. The topological polar surface area (TPSA) is 66.9 Å². The van der Waals surface area contributed by atoms with Crippen molar-refractivity contribution in [2.75, 3.05) is 11.5 Å². The lowest BCUT2D eigenvalue weighted by Gasteiger charge is -2.28. The number of imide groups is 1. The maximum atomic E-state index is 13.5. The molecule has 1 aliphatic rings. The van der Waals surface area contributed by atoms with Crippen LogP contribution < -0.4 is 9.64 Å². The fourth-order valence-electron chi connectivity index (χ4n) is 4.07. The van der Waals surface area contributed by atoms with Crippen molar-refractivity contribution in [1.29, 1.82) is 0 Å². The number of anilines is 1. The maximum absolute atomic E-state index is 13.5. The fraction of sp³-hybridized carbons (Fsp3) is 0.250. The summed E-state index contributed by atoms with van der Waals surface area (Å²) in [6, 6.07) is 22.5. The summed E-state index contributed by atoms with van der Waals surface area (Å²) in [4.78, 5) is 42.3.